The quantitative estimate of drug-likeness (QED) is 0.237. The van der Waals surface area contributed by atoms with E-state index >= 15 is 0 Å². The molecule has 1 aromatic carbocycles. The average molecular weight is 447 g/mol. The molecule has 0 spiro atoms. The topological polar surface area (TPSA) is 0 Å². The monoisotopic (exact) mass is 446 g/mol. The number of rotatable bonds is 12. The predicted molar refractivity (Wildman–Crippen MR) is 125 cm³/mol. The molecular weight excluding hydrogens is 425 g/mol. The minimum absolute atomic E-state index is 0.897. The summed E-state index contributed by atoms with van der Waals surface area (Å²) in [5, 5.41) is 0. The molecule has 0 aliphatic heterocycles. The van der Waals surface area contributed by atoms with Gasteiger partial charge in [-0.2, -0.15) is 50.5 Å². The largest absolute Gasteiger partial charge is 0.178 e. The van der Waals surface area contributed by atoms with E-state index in [-0.39, 0.29) is 0 Å². The molecule has 22 heavy (non-hydrogen) atoms. The number of benzene rings is 1. The van der Waals surface area contributed by atoms with Gasteiger partial charge in [0.1, 0.15) is 0 Å². The minimum Gasteiger partial charge on any atom is -0.178 e. The Hall–Kier alpha value is 2.02. The summed E-state index contributed by atoms with van der Waals surface area (Å²) in [6, 6.07) is 4.65. The van der Waals surface area contributed by atoms with Crippen LogP contribution >= 0.6 is 97.6 Å². The summed E-state index contributed by atoms with van der Waals surface area (Å²) in [7, 11) is 0. The smallest absolute Gasteiger partial charge is 0.0345 e. The molecule has 0 bridgehead atoms. The zero-order valence-electron chi connectivity index (χ0n) is 12.2. The second-order valence-corrected chi connectivity index (χ2v) is 10.4. The maximum absolute atomic E-state index is 4.36. The highest BCUT2D eigenvalue weighted by Crippen LogP contribution is 2.42. The zero-order valence-corrected chi connectivity index (χ0v) is 19.1. The van der Waals surface area contributed by atoms with E-state index in [9.17, 15) is 0 Å². The highest BCUT2D eigenvalue weighted by atomic mass is 32.2. The molecule has 0 N–H and O–H groups in total. The van der Waals surface area contributed by atoms with Gasteiger partial charge in [-0.1, -0.05) is 0 Å². The molecule has 0 nitrogen and oxygen atoms in total. The van der Waals surface area contributed by atoms with Crippen LogP contribution in [-0.4, -0.2) is 46.0 Å². The highest BCUT2D eigenvalue weighted by molar-refractivity contribution is 8.04. The minimum atomic E-state index is 0.897. The van der Waals surface area contributed by atoms with Crippen LogP contribution in [0.4, 0.5) is 0 Å². The zero-order chi connectivity index (χ0) is 16.2. The van der Waals surface area contributed by atoms with E-state index in [0.29, 0.717) is 0 Å². The third kappa shape index (κ3) is 8.41. The maximum Gasteiger partial charge on any atom is 0.0345 e. The van der Waals surface area contributed by atoms with Gasteiger partial charge in [0, 0.05) is 42.6 Å². The van der Waals surface area contributed by atoms with Gasteiger partial charge in [-0.15, -0.1) is 47.0 Å². The molecule has 0 fully saturated rings. The summed E-state index contributed by atoms with van der Waals surface area (Å²) < 4.78 is 0. The molecule has 0 aliphatic carbocycles. The fourth-order valence-corrected chi connectivity index (χ4v) is 6.58. The Balaban J connectivity index is 3.07. The van der Waals surface area contributed by atoms with E-state index in [4.69, 9.17) is 0 Å². The lowest BCUT2D eigenvalue weighted by molar-refractivity contribution is 1.07. The van der Waals surface area contributed by atoms with Crippen LogP contribution in [0.2, 0.25) is 0 Å². The third-order valence-electron chi connectivity index (χ3n) is 2.39. The van der Waals surface area contributed by atoms with Crippen molar-refractivity contribution in [3.8, 4) is 0 Å². The van der Waals surface area contributed by atoms with Gasteiger partial charge < -0.3 is 0 Å². The molecule has 0 saturated heterocycles. The third-order valence-corrected chi connectivity index (χ3v) is 8.95. The highest BCUT2D eigenvalue weighted by Gasteiger charge is 2.13. The van der Waals surface area contributed by atoms with Gasteiger partial charge in [-0.25, -0.2) is 0 Å². The van der Waals surface area contributed by atoms with Crippen molar-refractivity contribution in [1.82, 2.24) is 0 Å². The van der Waals surface area contributed by atoms with Crippen LogP contribution in [0.3, 0.4) is 0 Å². The number of thiol groups is 4. The SMILES string of the molecule is SCCSc1cc(SCCS)c(SCCS)c(SCCS)c1. The van der Waals surface area contributed by atoms with Gasteiger partial charge in [-0.05, 0) is 35.1 Å². The molecule has 0 aromatic heterocycles. The van der Waals surface area contributed by atoms with Gasteiger partial charge in [0.05, 0.1) is 0 Å². The second kappa shape index (κ2) is 14.2. The van der Waals surface area contributed by atoms with Crippen molar-refractivity contribution >= 4 is 97.6 Å². The molecule has 0 aliphatic rings. The lowest BCUT2D eigenvalue weighted by atomic mass is 10.3. The Morgan fingerprint density at radius 2 is 1.00 bits per heavy atom. The lowest BCUT2D eigenvalue weighted by Gasteiger charge is -2.16. The molecule has 1 rings (SSSR count). The second-order valence-electron chi connectivity index (χ2n) is 4.04. The van der Waals surface area contributed by atoms with Crippen molar-refractivity contribution in [2.75, 3.05) is 46.0 Å². The summed E-state index contributed by atoms with van der Waals surface area (Å²) in [5.41, 5.74) is 0. The lowest BCUT2D eigenvalue weighted by Crippen LogP contribution is -1.93. The first-order valence-corrected chi connectivity index (χ1v) is 13.4. The van der Waals surface area contributed by atoms with E-state index < -0.39 is 0 Å². The van der Waals surface area contributed by atoms with Crippen LogP contribution < -0.4 is 0 Å². The Labute approximate surface area is 173 Å². The molecule has 0 heterocycles. The van der Waals surface area contributed by atoms with Crippen LogP contribution in [-0.2, 0) is 0 Å². The summed E-state index contributed by atoms with van der Waals surface area (Å²) in [6.45, 7) is 0. The van der Waals surface area contributed by atoms with Gasteiger partial charge >= 0.3 is 0 Å². The Bertz CT molecular complexity index is 394. The van der Waals surface area contributed by atoms with Gasteiger partial charge in [0.15, 0.2) is 0 Å². The van der Waals surface area contributed by atoms with Crippen molar-refractivity contribution in [3.63, 3.8) is 0 Å². The van der Waals surface area contributed by atoms with Gasteiger partial charge in [-0.3, -0.25) is 0 Å². The predicted octanol–water partition coefficient (Wildman–Crippen LogP) is 5.77. The maximum atomic E-state index is 4.36. The molecule has 8 heteroatoms. The van der Waals surface area contributed by atoms with Crippen molar-refractivity contribution < 1.29 is 0 Å². The molecule has 0 amide bonds. The fourth-order valence-electron chi connectivity index (χ4n) is 1.62. The number of thioether (sulfide) groups is 4. The van der Waals surface area contributed by atoms with Crippen LogP contribution in [0.15, 0.2) is 31.7 Å². The Kier molecular flexibility index (Phi) is 14.3. The van der Waals surface area contributed by atoms with E-state index in [1.54, 1.807) is 0 Å². The van der Waals surface area contributed by atoms with E-state index in [0.717, 1.165) is 46.0 Å². The fraction of sp³-hybridized carbons (Fsp3) is 0.571. The van der Waals surface area contributed by atoms with Crippen molar-refractivity contribution in [1.29, 1.82) is 0 Å². The van der Waals surface area contributed by atoms with Crippen molar-refractivity contribution in [2.24, 2.45) is 0 Å². The van der Waals surface area contributed by atoms with E-state index in [1.165, 1.54) is 19.6 Å². The Morgan fingerprint density at radius 3 is 1.45 bits per heavy atom. The van der Waals surface area contributed by atoms with Crippen LogP contribution in [0.5, 0.6) is 0 Å². The van der Waals surface area contributed by atoms with Crippen LogP contribution in [0.25, 0.3) is 0 Å². The molecule has 1 aromatic rings. The molecule has 0 radical (unpaired) electrons. The molecule has 0 saturated carbocycles. The summed E-state index contributed by atoms with van der Waals surface area (Å²) >= 11 is 25.0. The summed E-state index contributed by atoms with van der Waals surface area (Å²) in [6.07, 6.45) is 0. The standard InChI is InChI=1S/C14H22S8/c15-1-5-19-11-9-12(20-6-2-16)14(22-8-4-18)13(10-11)21-7-3-17/h9-10,15-18H,1-8H2. The van der Waals surface area contributed by atoms with E-state index in [1.807, 2.05) is 47.0 Å². The van der Waals surface area contributed by atoms with Crippen molar-refractivity contribution in [3.05, 3.63) is 12.1 Å². The van der Waals surface area contributed by atoms with Crippen LogP contribution in [0, 0.1) is 0 Å². The van der Waals surface area contributed by atoms with Gasteiger partial charge in [0.25, 0.3) is 0 Å². The molecule has 126 valence electrons. The first kappa shape index (κ1) is 22.1. The van der Waals surface area contributed by atoms with E-state index in [2.05, 4.69) is 62.6 Å². The van der Waals surface area contributed by atoms with Crippen LogP contribution in [0.1, 0.15) is 0 Å². The first-order chi connectivity index (χ1) is 10.8. The van der Waals surface area contributed by atoms with Crippen molar-refractivity contribution in [2.45, 2.75) is 19.6 Å². The average Bonchev–Trinajstić information content (AvgIpc) is 2.54. The Morgan fingerprint density at radius 1 is 0.591 bits per heavy atom. The first-order valence-electron chi connectivity index (χ1n) is 6.89. The summed E-state index contributed by atoms with van der Waals surface area (Å²) in [4.78, 5) is 5.51. The molecular formula is C14H22S8. The normalized spacial score (nSPS) is 11.1. The van der Waals surface area contributed by atoms with Gasteiger partial charge in [0.2, 0.25) is 0 Å². The number of hydrogen-bond acceptors (Lipinski definition) is 8. The molecule has 0 unspecified atom stereocenters. The number of hydrogen-bond donors (Lipinski definition) is 4. The summed E-state index contributed by atoms with van der Waals surface area (Å²) in [5.74, 6) is 7.74. The molecule has 0 atom stereocenters.